The lowest BCUT2D eigenvalue weighted by atomic mass is 10.1. The second-order valence-corrected chi connectivity index (χ2v) is 5.34. The van der Waals surface area contributed by atoms with Gasteiger partial charge in [0.05, 0.1) is 25.9 Å². The molecule has 2 aliphatic heterocycles. The Morgan fingerprint density at radius 2 is 2.21 bits per heavy atom. The van der Waals surface area contributed by atoms with E-state index in [9.17, 15) is 0 Å². The molecular formula is C14H21N3O2. The van der Waals surface area contributed by atoms with Crippen LogP contribution < -0.4 is 9.64 Å². The lowest BCUT2D eigenvalue weighted by Gasteiger charge is -2.33. The van der Waals surface area contributed by atoms with Crippen molar-refractivity contribution in [3.05, 3.63) is 17.8 Å². The highest BCUT2D eigenvalue weighted by Crippen LogP contribution is 2.31. The van der Waals surface area contributed by atoms with Gasteiger partial charge in [0, 0.05) is 25.3 Å². The van der Waals surface area contributed by atoms with Crippen molar-refractivity contribution in [2.75, 3.05) is 45.3 Å². The number of rotatable bonds is 2. The van der Waals surface area contributed by atoms with Gasteiger partial charge in [-0.1, -0.05) is 0 Å². The van der Waals surface area contributed by atoms with Crippen molar-refractivity contribution in [1.82, 2.24) is 9.88 Å². The molecule has 3 rings (SSSR count). The number of hydrogen-bond donors (Lipinski definition) is 0. The Morgan fingerprint density at radius 1 is 1.37 bits per heavy atom. The predicted octanol–water partition coefficient (Wildman–Crippen LogP) is 0.918. The fraction of sp³-hybridized carbons (Fsp3) is 0.643. The fourth-order valence-corrected chi connectivity index (χ4v) is 2.95. The maximum Gasteiger partial charge on any atom is 0.171 e. The molecule has 1 aromatic heterocycles. The Morgan fingerprint density at radius 3 is 2.95 bits per heavy atom. The minimum absolute atomic E-state index is 0.283. The van der Waals surface area contributed by atoms with E-state index in [-0.39, 0.29) is 6.10 Å². The summed E-state index contributed by atoms with van der Waals surface area (Å²) in [6.45, 7) is 5.68. The minimum atomic E-state index is 0.283. The average Bonchev–Trinajstić information content (AvgIpc) is 2.84. The number of methoxy groups -OCH3 is 1. The van der Waals surface area contributed by atoms with Crippen LogP contribution >= 0.6 is 0 Å². The molecule has 104 valence electrons. The van der Waals surface area contributed by atoms with Crippen molar-refractivity contribution >= 4 is 5.82 Å². The second-order valence-electron chi connectivity index (χ2n) is 5.34. The van der Waals surface area contributed by atoms with E-state index < -0.39 is 0 Å². The van der Waals surface area contributed by atoms with Crippen LogP contribution in [-0.2, 0) is 4.74 Å². The van der Waals surface area contributed by atoms with Crippen LogP contribution in [0.1, 0.15) is 5.69 Å². The highest BCUT2D eigenvalue weighted by molar-refractivity contribution is 5.54. The molecule has 2 saturated heterocycles. The van der Waals surface area contributed by atoms with Crippen LogP contribution in [0.5, 0.6) is 5.75 Å². The summed E-state index contributed by atoms with van der Waals surface area (Å²) in [5.41, 5.74) is 1.01. The number of fused-ring (bicyclic) bond motifs is 1. The van der Waals surface area contributed by atoms with Gasteiger partial charge in [0.15, 0.2) is 11.6 Å². The molecule has 0 bridgehead atoms. The maximum absolute atomic E-state index is 5.88. The first kappa shape index (κ1) is 12.7. The summed E-state index contributed by atoms with van der Waals surface area (Å²) in [6.07, 6.45) is 0.283. The summed E-state index contributed by atoms with van der Waals surface area (Å²) in [6, 6.07) is 4.43. The first-order valence-corrected chi connectivity index (χ1v) is 6.77. The second kappa shape index (κ2) is 4.98. The molecule has 5 nitrogen and oxygen atoms in total. The van der Waals surface area contributed by atoms with Crippen LogP contribution in [0, 0.1) is 6.92 Å². The normalized spacial score (nSPS) is 27.4. The van der Waals surface area contributed by atoms with E-state index in [2.05, 4.69) is 21.8 Å². The van der Waals surface area contributed by atoms with E-state index in [0.717, 1.165) is 43.5 Å². The van der Waals surface area contributed by atoms with E-state index in [1.165, 1.54) is 0 Å². The number of likely N-dealkylation sites (N-methyl/N-ethyl adjacent to an activating group) is 1. The molecule has 2 fully saturated rings. The average molecular weight is 263 g/mol. The molecule has 0 N–H and O–H groups in total. The quantitative estimate of drug-likeness (QED) is 0.793. The smallest absolute Gasteiger partial charge is 0.171 e. The number of aryl methyl sites for hydroxylation is 1. The molecule has 0 unspecified atom stereocenters. The zero-order valence-electron chi connectivity index (χ0n) is 11.8. The van der Waals surface area contributed by atoms with Gasteiger partial charge in [0.2, 0.25) is 0 Å². The SMILES string of the molecule is COc1ccc(C)nc1N1C[C@@H]2OCCN(C)[C@H]2C1. The molecular weight excluding hydrogens is 242 g/mol. The Labute approximate surface area is 114 Å². The Bertz CT molecular complexity index is 466. The molecule has 0 aromatic carbocycles. The number of ether oxygens (including phenoxy) is 2. The molecule has 0 aliphatic carbocycles. The van der Waals surface area contributed by atoms with Gasteiger partial charge >= 0.3 is 0 Å². The first-order chi connectivity index (χ1) is 9.19. The van der Waals surface area contributed by atoms with Gasteiger partial charge in [-0.05, 0) is 26.1 Å². The van der Waals surface area contributed by atoms with Crippen LogP contribution in [0.3, 0.4) is 0 Å². The lowest BCUT2D eigenvalue weighted by Crippen LogP contribution is -2.48. The van der Waals surface area contributed by atoms with Gasteiger partial charge in [-0.3, -0.25) is 4.90 Å². The highest BCUT2D eigenvalue weighted by atomic mass is 16.5. The first-order valence-electron chi connectivity index (χ1n) is 6.77. The Hall–Kier alpha value is -1.33. The van der Waals surface area contributed by atoms with Crippen molar-refractivity contribution in [3.8, 4) is 5.75 Å². The Kier molecular flexibility index (Phi) is 3.33. The molecule has 1 aromatic rings. The monoisotopic (exact) mass is 263 g/mol. The van der Waals surface area contributed by atoms with E-state index in [0.29, 0.717) is 6.04 Å². The van der Waals surface area contributed by atoms with Gasteiger partial charge in [-0.15, -0.1) is 0 Å². The number of morpholine rings is 1. The number of pyridine rings is 1. The minimum Gasteiger partial charge on any atom is -0.493 e. The standard InChI is InChI=1S/C14H21N3O2/c1-10-4-5-12(18-3)14(15-10)17-8-11-13(9-17)19-7-6-16(11)2/h4-5,11,13H,6-9H2,1-3H3/t11-,13-/m0/s1. The van der Waals surface area contributed by atoms with Gasteiger partial charge in [0.25, 0.3) is 0 Å². The molecule has 0 spiro atoms. The van der Waals surface area contributed by atoms with Crippen molar-refractivity contribution < 1.29 is 9.47 Å². The van der Waals surface area contributed by atoms with Crippen LogP contribution in [0.15, 0.2) is 12.1 Å². The zero-order valence-corrected chi connectivity index (χ0v) is 11.8. The topological polar surface area (TPSA) is 37.8 Å². The number of hydrogen-bond acceptors (Lipinski definition) is 5. The van der Waals surface area contributed by atoms with Gasteiger partial charge in [-0.2, -0.15) is 0 Å². The molecule has 0 radical (unpaired) electrons. The Balaban J connectivity index is 1.86. The predicted molar refractivity (Wildman–Crippen MR) is 73.9 cm³/mol. The van der Waals surface area contributed by atoms with Crippen molar-refractivity contribution in [2.45, 2.75) is 19.1 Å². The molecule has 0 amide bonds. The van der Waals surface area contributed by atoms with Crippen molar-refractivity contribution in [1.29, 1.82) is 0 Å². The van der Waals surface area contributed by atoms with Crippen molar-refractivity contribution in [3.63, 3.8) is 0 Å². The summed E-state index contributed by atoms with van der Waals surface area (Å²) < 4.78 is 11.3. The summed E-state index contributed by atoms with van der Waals surface area (Å²) in [4.78, 5) is 9.30. The van der Waals surface area contributed by atoms with Gasteiger partial charge in [0.1, 0.15) is 0 Å². The van der Waals surface area contributed by atoms with Gasteiger partial charge in [-0.25, -0.2) is 4.98 Å². The fourth-order valence-electron chi connectivity index (χ4n) is 2.95. The maximum atomic E-state index is 5.88. The summed E-state index contributed by atoms with van der Waals surface area (Å²) in [5.74, 6) is 1.78. The molecule has 0 saturated carbocycles. The third kappa shape index (κ3) is 2.28. The van der Waals surface area contributed by atoms with Crippen molar-refractivity contribution in [2.24, 2.45) is 0 Å². The number of aromatic nitrogens is 1. The summed E-state index contributed by atoms with van der Waals surface area (Å²) in [5, 5.41) is 0. The molecule has 2 atom stereocenters. The number of nitrogens with zero attached hydrogens (tertiary/aromatic N) is 3. The van der Waals surface area contributed by atoms with E-state index >= 15 is 0 Å². The largest absolute Gasteiger partial charge is 0.493 e. The molecule has 3 heterocycles. The molecule has 19 heavy (non-hydrogen) atoms. The lowest BCUT2D eigenvalue weighted by molar-refractivity contribution is -0.0362. The van der Waals surface area contributed by atoms with Crippen LogP contribution in [0.2, 0.25) is 0 Å². The van der Waals surface area contributed by atoms with Crippen LogP contribution in [-0.4, -0.2) is 62.4 Å². The zero-order chi connectivity index (χ0) is 13.4. The van der Waals surface area contributed by atoms with Crippen LogP contribution in [0.4, 0.5) is 5.82 Å². The molecule has 2 aliphatic rings. The van der Waals surface area contributed by atoms with E-state index in [1.54, 1.807) is 7.11 Å². The summed E-state index contributed by atoms with van der Waals surface area (Å²) >= 11 is 0. The third-order valence-electron chi connectivity index (χ3n) is 4.08. The van der Waals surface area contributed by atoms with Crippen LogP contribution in [0.25, 0.3) is 0 Å². The summed E-state index contributed by atoms with van der Waals surface area (Å²) in [7, 11) is 3.87. The number of anilines is 1. The van der Waals surface area contributed by atoms with Gasteiger partial charge < -0.3 is 14.4 Å². The molecule has 5 heteroatoms. The van der Waals surface area contributed by atoms with E-state index in [1.807, 2.05) is 19.1 Å². The van der Waals surface area contributed by atoms with E-state index in [4.69, 9.17) is 9.47 Å². The highest BCUT2D eigenvalue weighted by Gasteiger charge is 2.39. The third-order valence-corrected chi connectivity index (χ3v) is 4.08.